The minimum absolute atomic E-state index is 0.256. The second-order valence-electron chi connectivity index (χ2n) is 9.27. The summed E-state index contributed by atoms with van der Waals surface area (Å²) in [4.78, 5) is 14.7. The fourth-order valence-corrected chi connectivity index (χ4v) is 5.93. The van der Waals surface area contributed by atoms with Crippen LogP contribution in [0.2, 0.25) is 0 Å². The Morgan fingerprint density at radius 1 is 0.611 bits per heavy atom. The molecule has 7 rings (SSSR count). The van der Waals surface area contributed by atoms with Gasteiger partial charge in [-0.1, -0.05) is 103 Å². The molecule has 0 unspecified atom stereocenters. The van der Waals surface area contributed by atoms with Crippen molar-refractivity contribution in [2.75, 3.05) is 4.90 Å². The molecule has 2 heterocycles. The predicted molar refractivity (Wildman–Crippen MR) is 142 cm³/mol. The van der Waals surface area contributed by atoms with E-state index < -0.39 is 5.41 Å². The third-order valence-corrected chi connectivity index (χ3v) is 7.44. The van der Waals surface area contributed by atoms with Crippen LogP contribution in [0.5, 0.6) is 0 Å². The number of para-hydroxylation sites is 2. The number of fused-ring (bicyclic) bond motifs is 3. The molecule has 0 saturated carbocycles. The lowest BCUT2D eigenvalue weighted by Gasteiger charge is -2.46. The van der Waals surface area contributed by atoms with Crippen molar-refractivity contribution >= 4 is 23.0 Å². The van der Waals surface area contributed by atoms with E-state index in [1.807, 2.05) is 12.1 Å². The molecular weight excluding hydrogens is 442 g/mol. The van der Waals surface area contributed by atoms with Gasteiger partial charge in [0.25, 0.3) is 0 Å². The maximum atomic E-state index is 12.4. The van der Waals surface area contributed by atoms with Crippen LogP contribution >= 0.6 is 0 Å². The van der Waals surface area contributed by atoms with Gasteiger partial charge >= 0.3 is 5.97 Å². The molecule has 3 nitrogen and oxygen atoms in total. The van der Waals surface area contributed by atoms with Gasteiger partial charge in [0.2, 0.25) is 0 Å². The fraction of sp³-hybridized carbons (Fsp3) is 0.0606. The van der Waals surface area contributed by atoms with E-state index in [4.69, 9.17) is 4.74 Å². The highest BCUT2D eigenvalue weighted by molar-refractivity contribution is 5.96. The number of hydrogen-bond acceptors (Lipinski definition) is 3. The second-order valence-corrected chi connectivity index (χ2v) is 9.27. The van der Waals surface area contributed by atoms with Crippen LogP contribution in [0.4, 0.5) is 17.1 Å². The van der Waals surface area contributed by atoms with Crippen molar-refractivity contribution in [2.45, 2.75) is 12.0 Å². The van der Waals surface area contributed by atoms with Gasteiger partial charge in [-0.3, -0.25) is 0 Å². The van der Waals surface area contributed by atoms with Crippen LogP contribution in [0.1, 0.15) is 38.2 Å². The fourth-order valence-electron chi connectivity index (χ4n) is 5.93. The van der Waals surface area contributed by atoms with Crippen molar-refractivity contribution in [3.63, 3.8) is 0 Å². The van der Waals surface area contributed by atoms with Crippen LogP contribution in [0.3, 0.4) is 0 Å². The number of carbonyl (C=O) groups excluding carboxylic acids is 1. The summed E-state index contributed by atoms with van der Waals surface area (Å²) in [5.74, 6) is -0.256. The molecule has 2 aliphatic rings. The van der Waals surface area contributed by atoms with Crippen LogP contribution in [-0.2, 0) is 16.8 Å². The van der Waals surface area contributed by atoms with E-state index in [0.717, 1.165) is 22.6 Å². The van der Waals surface area contributed by atoms with Gasteiger partial charge in [-0.15, -0.1) is 0 Å². The first-order chi connectivity index (χ1) is 17.8. The Morgan fingerprint density at radius 3 is 1.72 bits per heavy atom. The molecular formula is C33H23NO2. The number of ether oxygens (including phenoxy) is 1. The van der Waals surface area contributed by atoms with Crippen molar-refractivity contribution in [3.8, 4) is 0 Å². The normalized spacial score (nSPS) is 15.0. The van der Waals surface area contributed by atoms with Crippen molar-refractivity contribution in [2.24, 2.45) is 0 Å². The molecule has 0 aromatic heterocycles. The minimum Gasteiger partial charge on any atom is -0.457 e. The van der Waals surface area contributed by atoms with Gasteiger partial charge in [0, 0.05) is 11.3 Å². The number of esters is 1. The Hall–Kier alpha value is -4.63. The molecule has 0 atom stereocenters. The zero-order chi connectivity index (χ0) is 24.1. The molecule has 5 aromatic carbocycles. The molecule has 0 amide bonds. The summed E-state index contributed by atoms with van der Waals surface area (Å²) in [5.41, 5.74) is 9.04. The number of benzene rings is 5. The summed E-state index contributed by atoms with van der Waals surface area (Å²) in [5, 5.41) is 0. The van der Waals surface area contributed by atoms with E-state index in [1.54, 1.807) is 0 Å². The van der Waals surface area contributed by atoms with Crippen LogP contribution in [0.25, 0.3) is 0 Å². The third-order valence-electron chi connectivity index (χ3n) is 7.44. The molecule has 5 aromatic rings. The van der Waals surface area contributed by atoms with Gasteiger partial charge in [-0.25, -0.2) is 4.79 Å². The van der Waals surface area contributed by atoms with Crippen LogP contribution in [0, 0.1) is 0 Å². The highest BCUT2D eigenvalue weighted by Crippen LogP contribution is 2.57. The molecule has 0 spiro atoms. The van der Waals surface area contributed by atoms with E-state index in [-0.39, 0.29) is 5.97 Å². The maximum absolute atomic E-state index is 12.4. The second kappa shape index (κ2) is 7.96. The van der Waals surface area contributed by atoms with Crippen LogP contribution in [0.15, 0.2) is 127 Å². The lowest BCUT2D eigenvalue weighted by Crippen LogP contribution is -2.37. The predicted octanol–water partition coefficient (Wildman–Crippen LogP) is 7.52. The number of cyclic esters (lactones) is 1. The van der Waals surface area contributed by atoms with E-state index in [9.17, 15) is 4.79 Å². The number of hydrogen-bond donors (Lipinski definition) is 0. The largest absolute Gasteiger partial charge is 0.457 e. The van der Waals surface area contributed by atoms with E-state index >= 15 is 0 Å². The molecule has 0 bridgehead atoms. The maximum Gasteiger partial charge on any atom is 0.338 e. The summed E-state index contributed by atoms with van der Waals surface area (Å²) >= 11 is 0. The first-order valence-electron chi connectivity index (χ1n) is 12.2. The van der Waals surface area contributed by atoms with E-state index in [1.165, 1.54) is 22.3 Å². The van der Waals surface area contributed by atoms with E-state index in [2.05, 4.69) is 120 Å². The lowest BCUT2D eigenvalue weighted by atomic mass is 9.62. The molecule has 172 valence electrons. The van der Waals surface area contributed by atoms with Gasteiger partial charge < -0.3 is 9.64 Å². The topological polar surface area (TPSA) is 29.5 Å². The van der Waals surface area contributed by atoms with Gasteiger partial charge in [0.05, 0.1) is 22.4 Å². The Balaban J connectivity index is 1.58. The van der Waals surface area contributed by atoms with Crippen molar-refractivity contribution < 1.29 is 9.53 Å². The summed E-state index contributed by atoms with van der Waals surface area (Å²) in [7, 11) is 0. The van der Waals surface area contributed by atoms with Gasteiger partial charge in [-0.05, 0) is 46.5 Å². The molecule has 2 aliphatic heterocycles. The molecule has 0 saturated heterocycles. The summed E-state index contributed by atoms with van der Waals surface area (Å²) in [6, 6.07) is 44.8. The number of carbonyl (C=O) groups is 1. The first kappa shape index (κ1) is 20.7. The highest BCUT2D eigenvalue weighted by Gasteiger charge is 2.46. The van der Waals surface area contributed by atoms with Crippen LogP contribution in [-0.4, -0.2) is 5.97 Å². The summed E-state index contributed by atoms with van der Waals surface area (Å²) < 4.78 is 5.30. The monoisotopic (exact) mass is 465 g/mol. The quantitative estimate of drug-likeness (QED) is 0.253. The number of rotatable bonds is 3. The summed E-state index contributed by atoms with van der Waals surface area (Å²) in [6.07, 6.45) is 0. The molecule has 0 fully saturated rings. The molecule has 0 aliphatic carbocycles. The molecule has 0 N–H and O–H groups in total. The Kier molecular flexibility index (Phi) is 4.58. The SMILES string of the molecule is O=C1OCc2ccc(N3c4ccccc4C(c4ccccc4)(c4ccccc4)c4ccccc43)cc21. The Labute approximate surface area is 210 Å². The van der Waals surface area contributed by atoms with Crippen LogP contribution < -0.4 is 4.90 Å². The smallest absolute Gasteiger partial charge is 0.338 e. The van der Waals surface area contributed by atoms with Gasteiger partial charge in [0.15, 0.2) is 0 Å². The van der Waals surface area contributed by atoms with Crippen molar-refractivity contribution in [1.29, 1.82) is 0 Å². The Bertz CT molecular complexity index is 1520. The van der Waals surface area contributed by atoms with Gasteiger partial charge in [0.1, 0.15) is 6.61 Å². The van der Waals surface area contributed by atoms with Gasteiger partial charge in [-0.2, -0.15) is 0 Å². The molecule has 36 heavy (non-hydrogen) atoms. The highest BCUT2D eigenvalue weighted by atomic mass is 16.5. The molecule has 3 heteroatoms. The molecule has 0 radical (unpaired) electrons. The minimum atomic E-state index is -0.498. The zero-order valence-electron chi connectivity index (χ0n) is 19.6. The zero-order valence-corrected chi connectivity index (χ0v) is 19.6. The average Bonchev–Trinajstić information content (AvgIpc) is 3.32. The number of nitrogens with zero attached hydrogens (tertiary/aromatic N) is 1. The number of anilines is 3. The van der Waals surface area contributed by atoms with Crippen molar-refractivity contribution in [3.05, 3.63) is 161 Å². The third kappa shape index (κ3) is 2.83. The Morgan fingerprint density at radius 2 is 1.14 bits per heavy atom. The summed E-state index contributed by atoms with van der Waals surface area (Å²) in [6.45, 7) is 0.340. The average molecular weight is 466 g/mol. The van der Waals surface area contributed by atoms with Crippen molar-refractivity contribution in [1.82, 2.24) is 0 Å². The van der Waals surface area contributed by atoms with E-state index in [0.29, 0.717) is 12.2 Å². The lowest BCUT2D eigenvalue weighted by molar-refractivity contribution is 0.0535. The first-order valence-corrected chi connectivity index (χ1v) is 12.2. The standard InChI is InChI=1S/C33H23NO2/c35-32-27-21-26(20-19-23(27)22-36-32)34-30-17-9-7-15-28(30)33(24-11-3-1-4-12-24,25-13-5-2-6-14-25)29-16-8-10-18-31(29)34/h1-21H,22H2.